The van der Waals surface area contributed by atoms with E-state index in [0.717, 1.165) is 18.4 Å². The predicted octanol–water partition coefficient (Wildman–Crippen LogP) is 3.49. The number of hydrogen-bond acceptors (Lipinski definition) is 3. The van der Waals surface area contributed by atoms with Gasteiger partial charge in [-0.15, -0.1) is 0 Å². The van der Waals surface area contributed by atoms with Crippen LogP contribution in [0.3, 0.4) is 0 Å². The first-order chi connectivity index (χ1) is 9.47. The van der Waals surface area contributed by atoms with E-state index in [-0.39, 0.29) is 4.90 Å². The van der Waals surface area contributed by atoms with E-state index in [1.54, 1.807) is 24.3 Å². The maximum Gasteiger partial charge on any atom is 0.262 e. The molecule has 0 unspecified atom stereocenters. The van der Waals surface area contributed by atoms with Gasteiger partial charge in [-0.25, -0.2) is 8.42 Å². The standard InChI is InChI=1S/C15H19NO2S2/c1-12-7-9-14(10-8-12)20(17,18)16-15(19)11-13-5-3-2-4-6-13/h5,7-10H,2-4,6,11H2,1H3,(H,16,19). The Morgan fingerprint density at radius 3 is 2.55 bits per heavy atom. The third-order valence-electron chi connectivity index (χ3n) is 3.35. The van der Waals surface area contributed by atoms with Gasteiger partial charge in [0.15, 0.2) is 0 Å². The number of hydrogen-bond donors (Lipinski definition) is 1. The second kappa shape index (κ2) is 6.50. The molecule has 1 N–H and O–H groups in total. The van der Waals surface area contributed by atoms with Gasteiger partial charge in [0, 0.05) is 6.42 Å². The van der Waals surface area contributed by atoms with E-state index in [0.29, 0.717) is 11.4 Å². The summed E-state index contributed by atoms with van der Waals surface area (Å²) in [7, 11) is -3.55. The van der Waals surface area contributed by atoms with Gasteiger partial charge in [0.1, 0.15) is 0 Å². The van der Waals surface area contributed by atoms with E-state index in [1.165, 1.54) is 18.4 Å². The Bertz CT molecular complexity index is 616. The Morgan fingerprint density at radius 1 is 1.25 bits per heavy atom. The molecule has 0 fully saturated rings. The van der Waals surface area contributed by atoms with Gasteiger partial charge in [-0.2, -0.15) is 0 Å². The second-order valence-electron chi connectivity index (χ2n) is 5.13. The highest BCUT2D eigenvalue weighted by atomic mass is 32.2. The lowest BCUT2D eigenvalue weighted by molar-refractivity contribution is 0.592. The van der Waals surface area contributed by atoms with Gasteiger partial charge in [0.25, 0.3) is 10.0 Å². The van der Waals surface area contributed by atoms with E-state index < -0.39 is 10.0 Å². The zero-order valence-electron chi connectivity index (χ0n) is 11.6. The largest absolute Gasteiger partial charge is 0.273 e. The van der Waals surface area contributed by atoms with Gasteiger partial charge >= 0.3 is 0 Å². The SMILES string of the molecule is Cc1ccc(S(=O)(=O)NC(=S)CC2=CCCCC2)cc1. The highest BCUT2D eigenvalue weighted by molar-refractivity contribution is 7.91. The molecule has 1 aliphatic carbocycles. The van der Waals surface area contributed by atoms with E-state index in [9.17, 15) is 8.42 Å². The van der Waals surface area contributed by atoms with Gasteiger partial charge in [0.2, 0.25) is 0 Å². The van der Waals surface area contributed by atoms with E-state index in [2.05, 4.69) is 10.8 Å². The second-order valence-corrected chi connectivity index (χ2v) is 7.30. The summed E-state index contributed by atoms with van der Waals surface area (Å²) in [5, 5.41) is 0. The van der Waals surface area contributed by atoms with E-state index in [1.807, 2.05) is 6.92 Å². The number of thiocarbonyl (C=S) groups is 1. The normalized spacial score (nSPS) is 15.6. The number of allylic oxidation sites excluding steroid dienone is 1. The Hall–Kier alpha value is -1.20. The number of benzene rings is 1. The first-order valence-corrected chi connectivity index (χ1v) is 8.67. The van der Waals surface area contributed by atoms with Gasteiger partial charge in [0.05, 0.1) is 9.88 Å². The van der Waals surface area contributed by atoms with Crippen LogP contribution in [0.5, 0.6) is 0 Å². The zero-order valence-corrected chi connectivity index (χ0v) is 13.2. The monoisotopic (exact) mass is 309 g/mol. The van der Waals surface area contributed by atoms with E-state index in [4.69, 9.17) is 12.2 Å². The zero-order chi connectivity index (χ0) is 14.6. The molecule has 1 aliphatic rings. The van der Waals surface area contributed by atoms with Crippen molar-refractivity contribution in [3.63, 3.8) is 0 Å². The summed E-state index contributed by atoms with van der Waals surface area (Å²) in [5.41, 5.74) is 2.27. The van der Waals surface area contributed by atoms with Crippen LogP contribution in [0.15, 0.2) is 40.8 Å². The summed E-state index contributed by atoms with van der Waals surface area (Å²) in [6, 6.07) is 6.75. The summed E-state index contributed by atoms with van der Waals surface area (Å²) < 4.78 is 26.9. The molecule has 0 aliphatic heterocycles. The molecular weight excluding hydrogens is 290 g/mol. The van der Waals surface area contributed by atoms with Crippen molar-refractivity contribution in [2.45, 2.75) is 43.9 Å². The molecule has 0 heterocycles. The maximum atomic E-state index is 12.2. The van der Waals surface area contributed by atoms with Crippen LogP contribution in [0, 0.1) is 6.92 Å². The summed E-state index contributed by atoms with van der Waals surface area (Å²) in [4.78, 5) is 0.627. The van der Waals surface area contributed by atoms with Crippen LogP contribution in [0.25, 0.3) is 0 Å². The van der Waals surface area contributed by atoms with Crippen molar-refractivity contribution < 1.29 is 8.42 Å². The van der Waals surface area contributed by atoms with Crippen LogP contribution in [0.2, 0.25) is 0 Å². The van der Waals surface area contributed by atoms with Gasteiger partial charge < -0.3 is 0 Å². The number of rotatable bonds is 4. The lowest BCUT2D eigenvalue weighted by atomic mass is 9.97. The highest BCUT2D eigenvalue weighted by Gasteiger charge is 2.16. The quantitative estimate of drug-likeness (QED) is 0.684. The lowest BCUT2D eigenvalue weighted by Gasteiger charge is -2.14. The van der Waals surface area contributed by atoms with Crippen LogP contribution < -0.4 is 4.72 Å². The summed E-state index contributed by atoms with van der Waals surface area (Å²) in [5.74, 6) is 0. The summed E-state index contributed by atoms with van der Waals surface area (Å²) in [6.45, 7) is 1.92. The third-order valence-corrected chi connectivity index (χ3v) is 5.14. The van der Waals surface area contributed by atoms with Crippen molar-refractivity contribution in [2.75, 3.05) is 0 Å². The molecule has 0 saturated heterocycles. The van der Waals surface area contributed by atoms with Crippen molar-refractivity contribution in [2.24, 2.45) is 0 Å². The van der Waals surface area contributed by atoms with Crippen LogP contribution in [-0.4, -0.2) is 13.4 Å². The third kappa shape index (κ3) is 4.15. The minimum atomic E-state index is -3.55. The maximum absolute atomic E-state index is 12.2. The summed E-state index contributed by atoms with van der Waals surface area (Å²) >= 11 is 5.18. The molecule has 108 valence electrons. The van der Waals surface area contributed by atoms with Crippen LogP contribution in [-0.2, 0) is 10.0 Å². The number of nitrogens with one attached hydrogen (secondary N) is 1. The average molecular weight is 309 g/mol. The van der Waals surface area contributed by atoms with Crippen molar-refractivity contribution >= 4 is 27.2 Å². The van der Waals surface area contributed by atoms with Crippen LogP contribution in [0.4, 0.5) is 0 Å². The fraction of sp³-hybridized carbons (Fsp3) is 0.400. The minimum Gasteiger partial charge on any atom is -0.273 e. The van der Waals surface area contributed by atoms with Crippen LogP contribution >= 0.6 is 12.2 Å². The molecular formula is C15H19NO2S2. The Labute approximate surface area is 126 Å². The smallest absolute Gasteiger partial charge is 0.262 e. The summed E-state index contributed by atoms with van der Waals surface area (Å²) in [6.07, 6.45) is 7.19. The lowest BCUT2D eigenvalue weighted by Crippen LogP contribution is -2.29. The predicted molar refractivity (Wildman–Crippen MR) is 85.3 cm³/mol. The molecule has 0 radical (unpaired) electrons. The van der Waals surface area contributed by atoms with Crippen molar-refractivity contribution in [3.05, 3.63) is 41.5 Å². The van der Waals surface area contributed by atoms with Gasteiger partial charge in [-0.3, -0.25) is 4.72 Å². The topological polar surface area (TPSA) is 46.2 Å². The van der Waals surface area contributed by atoms with Gasteiger partial charge in [-0.1, -0.05) is 41.6 Å². The molecule has 2 rings (SSSR count). The number of sulfonamides is 1. The first kappa shape index (κ1) is 15.2. The van der Waals surface area contributed by atoms with E-state index >= 15 is 0 Å². The fourth-order valence-electron chi connectivity index (χ4n) is 2.23. The van der Waals surface area contributed by atoms with Crippen molar-refractivity contribution in [1.82, 2.24) is 4.72 Å². The molecule has 1 aromatic carbocycles. The molecule has 20 heavy (non-hydrogen) atoms. The fourth-order valence-corrected chi connectivity index (χ4v) is 3.73. The Morgan fingerprint density at radius 2 is 1.95 bits per heavy atom. The molecule has 3 nitrogen and oxygen atoms in total. The van der Waals surface area contributed by atoms with Gasteiger partial charge in [-0.05, 0) is 44.7 Å². The van der Waals surface area contributed by atoms with Crippen molar-refractivity contribution in [3.8, 4) is 0 Å². The number of aryl methyl sites for hydroxylation is 1. The molecule has 0 atom stereocenters. The molecule has 5 heteroatoms. The molecule has 0 amide bonds. The molecule has 0 spiro atoms. The molecule has 0 saturated carbocycles. The Kier molecular flexibility index (Phi) is 4.94. The highest BCUT2D eigenvalue weighted by Crippen LogP contribution is 2.20. The Balaban J connectivity index is 2.02. The minimum absolute atomic E-state index is 0.253. The van der Waals surface area contributed by atoms with Crippen LogP contribution in [0.1, 0.15) is 37.7 Å². The molecule has 1 aromatic rings. The average Bonchev–Trinajstić information content (AvgIpc) is 2.39. The molecule has 0 aromatic heterocycles. The first-order valence-electron chi connectivity index (χ1n) is 6.77. The van der Waals surface area contributed by atoms with Crippen molar-refractivity contribution in [1.29, 1.82) is 0 Å². The molecule has 0 bridgehead atoms.